The van der Waals surface area contributed by atoms with E-state index < -0.39 is 15.9 Å². The summed E-state index contributed by atoms with van der Waals surface area (Å²) in [4.78, 5) is 12.8. The van der Waals surface area contributed by atoms with Crippen LogP contribution in [-0.4, -0.2) is 28.5 Å². The smallest absolute Gasteiger partial charge is 0.271 e. The zero-order chi connectivity index (χ0) is 21.0. The summed E-state index contributed by atoms with van der Waals surface area (Å²) in [5.41, 5.74) is 0.708. The van der Waals surface area contributed by atoms with Crippen molar-refractivity contribution in [3.05, 3.63) is 64.5 Å². The lowest BCUT2D eigenvalue weighted by Gasteiger charge is -2.14. The average molecular weight is 453 g/mol. The number of benzene rings is 2. The van der Waals surface area contributed by atoms with Gasteiger partial charge < -0.3 is 14.8 Å². The summed E-state index contributed by atoms with van der Waals surface area (Å²) in [5.74, 6) is 0.475. The van der Waals surface area contributed by atoms with Gasteiger partial charge in [-0.05, 0) is 36.4 Å². The minimum Gasteiger partial charge on any atom is -0.497 e. The van der Waals surface area contributed by atoms with Crippen LogP contribution in [-0.2, 0) is 10.0 Å². The van der Waals surface area contributed by atoms with Gasteiger partial charge in [-0.15, -0.1) is 11.3 Å². The topological polar surface area (TPSA) is 93.7 Å². The molecule has 3 aromatic rings. The van der Waals surface area contributed by atoms with Crippen LogP contribution in [0.4, 0.5) is 11.4 Å². The van der Waals surface area contributed by atoms with E-state index in [0.717, 1.165) is 11.3 Å². The number of hydrogen-bond acceptors (Lipinski definition) is 6. The Bertz CT molecular complexity index is 1150. The molecule has 1 amide bonds. The molecule has 0 aliphatic rings. The summed E-state index contributed by atoms with van der Waals surface area (Å²) in [6.07, 6.45) is 0. The fraction of sp³-hybridized carbons (Fsp3) is 0.105. The number of anilines is 2. The second kappa shape index (κ2) is 8.73. The lowest BCUT2D eigenvalue weighted by atomic mass is 10.1. The number of para-hydroxylation sites is 1. The van der Waals surface area contributed by atoms with Gasteiger partial charge >= 0.3 is 0 Å². The van der Waals surface area contributed by atoms with E-state index in [-0.39, 0.29) is 15.5 Å². The third-order valence-corrected chi connectivity index (χ3v) is 6.97. The molecule has 0 spiro atoms. The number of hydrogen-bond donors (Lipinski definition) is 2. The van der Waals surface area contributed by atoms with E-state index in [0.29, 0.717) is 21.5 Å². The van der Waals surface area contributed by atoms with Crippen LogP contribution >= 0.6 is 22.9 Å². The van der Waals surface area contributed by atoms with Crippen LogP contribution in [0.5, 0.6) is 11.5 Å². The maximum absolute atomic E-state index is 12.8. The van der Waals surface area contributed by atoms with E-state index in [9.17, 15) is 13.2 Å². The molecule has 2 N–H and O–H groups in total. The van der Waals surface area contributed by atoms with Gasteiger partial charge in [0.2, 0.25) is 0 Å². The van der Waals surface area contributed by atoms with Crippen molar-refractivity contribution in [1.29, 1.82) is 0 Å². The van der Waals surface area contributed by atoms with Crippen LogP contribution in [0.2, 0.25) is 4.34 Å². The molecule has 7 nitrogen and oxygen atoms in total. The fourth-order valence-corrected chi connectivity index (χ4v) is 5.06. The summed E-state index contributed by atoms with van der Waals surface area (Å²) in [6, 6.07) is 14.1. The predicted octanol–water partition coefficient (Wildman–Crippen LogP) is 4.47. The Morgan fingerprint density at radius 1 is 1.00 bits per heavy atom. The number of halogens is 1. The van der Waals surface area contributed by atoms with Crippen LogP contribution in [0.15, 0.2) is 58.8 Å². The molecule has 10 heteroatoms. The Hall–Kier alpha value is -2.75. The Balaban J connectivity index is 1.88. The van der Waals surface area contributed by atoms with E-state index in [2.05, 4.69) is 10.0 Å². The van der Waals surface area contributed by atoms with Gasteiger partial charge in [0.25, 0.3) is 15.9 Å². The van der Waals surface area contributed by atoms with Gasteiger partial charge in [-0.2, -0.15) is 0 Å². The summed E-state index contributed by atoms with van der Waals surface area (Å²) in [5, 5.41) is 2.73. The molecule has 0 radical (unpaired) electrons. The summed E-state index contributed by atoms with van der Waals surface area (Å²) in [6.45, 7) is 0. The highest BCUT2D eigenvalue weighted by Crippen LogP contribution is 2.31. The molecule has 0 bridgehead atoms. The first-order valence-electron chi connectivity index (χ1n) is 8.24. The van der Waals surface area contributed by atoms with Crippen molar-refractivity contribution >= 4 is 50.2 Å². The first-order chi connectivity index (χ1) is 13.8. The van der Waals surface area contributed by atoms with E-state index in [1.165, 1.54) is 38.5 Å². The number of rotatable bonds is 7. The van der Waals surface area contributed by atoms with E-state index in [1.807, 2.05) is 0 Å². The minimum atomic E-state index is -3.88. The molecular formula is C19H17ClN2O5S2. The fourth-order valence-electron chi connectivity index (χ4n) is 2.50. The highest BCUT2D eigenvalue weighted by molar-refractivity contribution is 7.94. The largest absolute Gasteiger partial charge is 0.497 e. The third kappa shape index (κ3) is 4.81. The molecule has 0 atom stereocenters. The van der Waals surface area contributed by atoms with E-state index >= 15 is 0 Å². The Kier molecular flexibility index (Phi) is 6.31. The molecule has 2 aromatic carbocycles. The monoisotopic (exact) mass is 452 g/mol. The second-order valence-electron chi connectivity index (χ2n) is 5.73. The van der Waals surface area contributed by atoms with Crippen LogP contribution < -0.4 is 19.5 Å². The molecule has 3 rings (SSSR count). The number of methoxy groups -OCH3 is 2. The quantitative estimate of drug-likeness (QED) is 0.551. The summed E-state index contributed by atoms with van der Waals surface area (Å²) < 4.78 is 38.5. The van der Waals surface area contributed by atoms with E-state index in [4.69, 9.17) is 21.1 Å². The van der Waals surface area contributed by atoms with Crippen molar-refractivity contribution in [1.82, 2.24) is 0 Å². The van der Waals surface area contributed by atoms with Crippen molar-refractivity contribution in [2.24, 2.45) is 0 Å². The van der Waals surface area contributed by atoms with Gasteiger partial charge in [-0.1, -0.05) is 23.7 Å². The number of ether oxygens (including phenoxy) is 2. The highest BCUT2D eigenvalue weighted by atomic mass is 35.5. The van der Waals surface area contributed by atoms with Crippen molar-refractivity contribution in [3.8, 4) is 11.5 Å². The van der Waals surface area contributed by atoms with Crippen molar-refractivity contribution < 1.29 is 22.7 Å². The Morgan fingerprint density at radius 3 is 2.41 bits per heavy atom. The first-order valence-corrected chi connectivity index (χ1v) is 10.9. The third-order valence-electron chi connectivity index (χ3n) is 3.89. The molecule has 0 aliphatic carbocycles. The Morgan fingerprint density at radius 2 is 1.76 bits per heavy atom. The lowest BCUT2D eigenvalue weighted by Crippen LogP contribution is -2.18. The highest BCUT2D eigenvalue weighted by Gasteiger charge is 2.21. The number of amides is 1. The lowest BCUT2D eigenvalue weighted by molar-refractivity contribution is 0.102. The van der Waals surface area contributed by atoms with Crippen LogP contribution in [0, 0.1) is 0 Å². The molecule has 0 fully saturated rings. The molecular weight excluding hydrogens is 436 g/mol. The van der Waals surface area contributed by atoms with Gasteiger partial charge in [-0.25, -0.2) is 8.42 Å². The van der Waals surface area contributed by atoms with Gasteiger partial charge in [0.15, 0.2) is 0 Å². The minimum absolute atomic E-state index is 0.0505. The number of carbonyl (C=O) groups excluding carboxylic acids is 1. The maximum atomic E-state index is 12.8. The van der Waals surface area contributed by atoms with Crippen LogP contribution in [0.25, 0.3) is 0 Å². The zero-order valence-corrected chi connectivity index (χ0v) is 17.8. The second-order valence-corrected chi connectivity index (χ2v) is 9.35. The van der Waals surface area contributed by atoms with Crippen LogP contribution in [0.1, 0.15) is 10.4 Å². The summed E-state index contributed by atoms with van der Waals surface area (Å²) >= 11 is 6.76. The maximum Gasteiger partial charge on any atom is 0.271 e. The van der Waals surface area contributed by atoms with E-state index in [1.54, 1.807) is 30.3 Å². The SMILES string of the molecule is COc1ccc(NC(=O)c2ccccc2NS(=O)(=O)c2ccc(Cl)s2)c(OC)c1. The van der Waals surface area contributed by atoms with Crippen molar-refractivity contribution in [2.75, 3.05) is 24.3 Å². The predicted molar refractivity (Wildman–Crippen MR) is 114 cm³/mol. The number of thiophene rings is 1. The molecule has 0 unspecified atom stereocenters. The first kappa shape index (κ1) is 21.0. The molecule has 152 valence electrons. The molecule has 0 aliphatic heterocycles. The molecule has 0 saturated heterocycles. The normalized spacial score (nSPS) is 11.0. The molecule has 1 heterocycles. The Labute approximate surface area is 177 Å². The van der Waals surface area contributed by atoms with Gasteiger partial charge in [0.1, 0.15) is 15.7 Å². The average Bonchev–Trinajstić information content (AvgIpc) is 3.15. The molecule has 0 saturated carbocycles. The van der Waals surface area contributed by atoms with Crippen LogP contribution in [0.3, 0.4) is 0 Å². The standard InChI is InChI=1S/C19H17ClN2O5S2/c1-26-12-7-8-15(16(11-12)27-2)21-19(23)13-5-3-4-6-14(13)22-29(24,25)18-10-9-17(20)28-18/h3-11,22H,1-2H3,(H,21,23). The van der Waals surface area contributed by atoms with Gasteiger partial charge in [0, 0.05) is 6.07 Å². The summed E-state index contributed by atoms with van der Waals surface area (Å²) in [7, 11) is -0.885. The van der Waals surface area contributed by atoms with Gasteiger partial charge in [0.05, 0.1) is 35.5 Å². The number of carbonyl (C=O) groups is 1. The van der Waals surface area contributed by atoms with Crippen molar-refractivity contribution in [3.63, 3.8) is 0 Å². The van der Waals surface area contributed by atoms with Crippen molar-refractivity contribution in [2.45, 2.75) is 4.21 Å². The van der Waals surface area contributed by atoms with Gasteiger partial charge in [-0.3, -0.25) is 9.52 Å². The molecule has 29 heavy (non-hydrogen) atoms. The number of sulfonamides is 1. The molecule has 1 aromatic heterocycles. The zero-order valence-electron chi connectivity index (χ0n) is 15.4. The number of nitrogens with one attached hydrogen (secondary N) is 2.